The second-order valence-corrected chi connectivity index (χ2v) is 11.1. The Morgan fingerprint density at radius 2 is 1.81 bits per heavy atom. The van der Waals surface area contributed by atoms with Crippen molar-refractivity contribution in [1.29, 1.82) is 0 Å². The lowest BCUT2D eigenvalue weighted by atomic mass is 9.42. The summed E-state index contributed by atoms with van der Waals surface area (Å²) < 4.78 is 11.6. The Kier molecular flexibility index (Phi) is 4.89. The number of fused-ring (bicyclic) bond motifs is 5. The average Bonchev–Trinajstić information content (AvgIpc) is 2.65. The molecule has 3 fully saturated rings. The Balaban J connectivity index is 2.02. The first-order chi connectivity index (χ1) is 14.2. The molecule has 0 aromatic rings. The fourth-order valence-electron chi connectivity index (χ4n) is 7.89. The van der Waals surface area contributed by atoms with Gasteiger partial charge < -0.3 is 24.8 Å². The Hall–Kier alpha value is -1.28. The van der Waals surface area contributed by atoms with Crippen molar-refractivity contribution >= 4 is 11.8 Å². The van der Waals surface area contributed by atoms with E-state index in [2.05, 4.69) is 0 Å². The largest absolute Gasteiger partial charge is 0.454 e. The lowest BCUT2D eigenvalue weighted by molar-refractivity contribution is -0.338. The van der Waals surface area contributed by atoms with Crippen LogP contribution in [0, 0.1) is 28.6 Å². The van der Waals surface area contributed by atoms with Gasteiger partial charge in [0.05, 0.1) is 29.8 Å². The topological polar surface area (TPSA) is 113 Å². The van der Waals surface area contributed by atoms with Gasteiger partial charge in [-0.05, 0) is 30.9 Å². The van der Waals surface area contributed by atoms with Crippen molar-refractivity contribution in [2.75, 3.05) is 6.61 Å². The molecule has 4 aliphatic rings. The first-order valence-electron chi connectivity index (χ1n) is 11.3. The lowest BCUT2D eigenvalue weighted by Crippen LogP contribution is -2.79. The van der Waals surface area contributed by atoms with Crippen molar-refractivity contribution in [1.82, 2.24) is 0 Å². The Morgan fingerprint density at radius 3 is 2.32 bits per heavy atom. The summed E-state index contributed by atoms with van der Waals surface area (Å²) in [5, 5.41) is 34.4. The second-order valence-electron chi connectivity index (χ2n) is 11.1. The predicted molar refractivity (Wildman–Crippen MR) is 112 cm³/mol. The Labute approximate surface area is 183 Å². The van der Waals surface area contributed by atoms with Crippen LogP contribution >= 0.6 is 0 Å². The Bertz CT molecular complexity index is 862. The SMILES string of the molecule is CC(=O)O[C@@]12COC1CC(O)[C@@]1(C)C(=O)[C@H](C)C3=C(C)C(O)CC(O)([C@@H](C)C21)C3(C)C. The monoisotopic (exact) mass is 436 g/mol. The molecular formula is C24H36O7. The fourth-order valence-corrected chi connectivity index (χ4v) is 7.89. The van der Waals surface area contributed by atoms with E-state index in [0.717, 1.165) is 11.1 Å². The van der Waals surface area contributed by atoms with E-state index in [9.17, 15) is 24.9 Å². The van der Waals surface area contributed by atoms with Crippen LogP contribution in [0.25, 0.3) is 0 Å². The number of rotatable bonds is 1. The summed E-state index contributed by atoms with van der Waals surface area (Å²) in [6, 6.07) is 0. The highest BCUT2D eigenvalue weighted by molar-refractivity contribution is 5.91. The van der Waals surface area contributed by atoms with Crippen molar-refractivity contribution < 1.29 is 34.4 Å². The molecule has 0 aromatic heterocycles. The second kappa shape index (κ2) is 6.62. The van der Waals surface area contributed by atoms with Crippen LogP contribution in [0.2, 0.25) is 0 Å². The molecule has 31 heavy (non-hydrogen) atoms. The van der Waals surface area contributed by atoms with Crippen LogP contribution in [-0.2, 0) is 19.1 Å². The van der Waals surface area contributed by atoms with Crippen LogP contribution in [0.1, 0.15) is 61.3 Å². The van der Waals surface area contributed by atoms with E-state index in [1.165, 1.54) is 6.92 Å². The van der Waals surface area contributed by atoms with Crippen LogP contribution in [0.15, 0.2) is 11.1 Å². The van der Waals surface area contributed by atoms with Crippen LogP contribution in [-0.4, -0.2) is 63.2 Å². The van der Waals surface area contributed by atoms with Gasteiger partial charge in [-0.3, -0.25) is 9.59 Å². The summed E-state index contributed by atoms with van der Waals surface area (Å²) >= 11 is 0. The van der Waals surface area contributed by atoms with Gasteiger partial charge >= 0.3 is 5.97 Å². The molecule has 1 heterocycles. The summed E-state index contributed by atoms with van der Waals surface area (Å²) in [4.78, 5) is 26.3. The van der Waals surface area contributed by atoms with E-state index in [4.69, 9.17) is 9.47 Å². The number of hydrogen-bond acceptors (Lipinski definition) is 7. The van der Waals surface area contributed by atoms with Gasteiger partial charge in [-0.2, -0.15) is 0 Å². The number of ether oxygens (including phenoxy) is 2. The molecule has 3 N–H and O–H groups in total. The van der Waals surface area contributed by atoms with Gasteiger partial charge in [0, 0.05) is 37.0 Å². The van der Waals surface area contributed by atoms with E-state index in [1.54, 1.807) is 13.8 Å². The molecule has 1 aliphatic heterocycles. The molecule has 0 aromatic carbocycles. The summed E-state index contributed by atoms with van der Waals surface area (Å²) in [5.74, 6) is -2.47. The summed E-state index contributed by atoms with van der Waals surface area (Å²) in [5.41, 5.74) is -3.06. The maximum atomic E-state index is 14.1. The highest BCUT2D eigenvalue weighted by Crippen LogP contribution is 2.65. The first-order valence-corrected chi connectivity index (χ1v) is 11.3. The summed E-state index contributed by atoms with van der Waals surface area (Å²) in [6.07, 6.45) is -2.11. The summed E-state index contributed by atoms with van der Waals surface area (Å²) in [7, 11) is 0. The minimum atomic E-state index is -1.38. The zero-order valence-electron chi connectivity index (χ0n) is 19.6. The molecule has 5 unspecified atom stereocenters. The van der Waals surface area contributed by atoms with Crippen LogP contribution in [0.3, 0.4) is 0 Å². The molecule has 2 saturated carbocycles. The van der Waals surface area contributed by atoms with Crippen molar-refractivity contribution in [3.05, 3.63) is 11.1 Å². The van der Waals surface area contributed by atoms with Crippen molar-refractivity contribution in [2.24, 2.45) is 28.6 Å². The number of ketones is 1. The number of carbonyl (C=O) groups excluding carboxylic acids is 2. The highest BCUT2D eigenvalue weighted by Gasteiger charge is 2.75. The minimum Gasteiger partial charge on any atom is -0.454 e. The van der Waals surface area contributed by atoms with Crippen molar-refractivity contribution in [3.8, 4) is 0 Å². The zero-order chi connectivity index (χ0) is 23.3. The number of aliphatic hydroxyl groups excluding tert-OH is 2. The predicted octanol–water partition coefficient (Wildman–Crippen LogP) is 1.77. The van der Waals surface area contributed by atoms with Gasteiger partial charge in [0.25, 0.3) is 0 Å². The highest BCUT2D eigenvalue weighted by atomic mass is 16.6. The molecule has 2 bridgehead atoms. The first kappa shape index (κ1) is 22.9. The molecule has 7 nitrogen and oxygen atoms in total. The van der Waals surface area contributed by atoms with E-state index in [-0.39, 0.29) is 25.2 Å². The number of aliphatic hydroxyl groups is 3. The zero-order valence-corrected chi connectivity index (χ0v) is 19.6. The van der Waals surface area contributed by atoms with Gasteiger partial charge in [0.2, 0.25) is 0 Å². The maximum Gasteiger partial charge on any atom is 0.303 e. The van der Waals surface area contributed by atoms with Gasteiger partial charge in [0.1, 0.15) is 11.9 Å². The summed E-state index contributed by atoms with van der Waals surface area (Å²) in [6.45, 7) is 12.5. The van der Waals surface area contributed by atoms with Gasteiger partial charge in [-0.25, -0.2) is 0 Å². The quantitative estimate of drug-likeness (QED) is 0.424. The third-order valence-electron chi connectivity index (χ3n) is 9.49. The molecule has 0 radical (unpaired) electrons. The van der Waals surface area contributed by atoms with Gasteiger partial charge in [-0.15, -0.1) is 0 Å². The van der Waals surface area contributed by atoms with Gasteiger partial charge in [-0.1, -0.05) is 27.7 Å². The number of Topliss-reactive ketones (excluding diaryl/α,β-unsaturated/α-hetero) is 1. The molecule has 174 valence electrons. The molecule has 1 saturated heterocycles. The average molecular weight is 437 g/mol. The minimum absolute atomic E-state index is 0.113. The maximum absolute atomic E-state index is 14.1. The molecule has 4 rings (SSSR count). The Morgan fingerprint density at radius 1 is 1.19 bits per heavy atom. The standard InChI is InChI=1S/C24H36O7/c1-11-15(26)9-24(29)13(3)19-22(7,20(28)12(2)18(11)21(24,5)6)16(27)8-17-23(19,10-30-17)31-14(4)25/h12-13,15-17,19,26-27,29H,8-10H2,1-7H3/t12-,13+,15?,16?,17?,19?,22-,23+,24?/m1/s1. The number of hydrogen-bond donors (Lipinski definition) is 3. The molecule has 7 heteroatoms. The molecule has 0 amide bonds. The van der Waals surface area contributed by atoms with Crippen LogP contribution < -0.4 is 0 Å². The van der Waals surface area contributed by atoms with E-state index < -0.39 is 64.1 Å². The van der Waals surface area contributed by atoms with E-state index >= 15 is 0 Å². The van der Waals surface area contributed by atoms with Crippen LogP contribution in [0.4, 0.5) is 0 Å². The number of esters is 1. The molecule has 3 aliphatic carbocycles. The number of carbonyl (C=O) groups is 2. The third kappa shape index (κ3) is 2.55. The molecule has 0 spiro atoms. The third-order valence-corrected chi connectivity index (χ3v) is 9.49. The normalized spacial score (nSPS) is 51.1. The van der Waals surface area contributed by atoms with E-state index in [1.807, 2.05) is 27.7 Å². The fraction of sp³-hybridized carbons (Fsp3) is 0.833. The van der Waals surface area contributed by atoms with Crippen molar-refractivity contribution in [2.45, 2.75) is 90.8 Å². The molecular weight excluding hydrogens is 400 g/mol. The van der Waals surface area contributed by atoms with E-state index in [0.29, 0.717) is 0 Å². The molecule has 9 atom stereocenters. The van der Waals surface area contributed by atoms with Gasteiger partial charge in [0.15, 0.2) is 5.60 Å². The van der Waals surface area contributed by atoms with Crippen LogP contribution in [0.5, 0.6) is 0 Å². The smallest absolute Gasteiger partial charge is 0.303 e. The van der Waals surface area contributed by atoms with Crippen molar-refractivity contribution in [3.63, 3.8) is 0 Å². The lowest BCUT2D eigenvalue weighted by Gasteiger charge is -2.68.